The third-order valence-electron chi connectivity index (χ3n) is 3.06. The molecule has 1 unspecified atom stereocenters. The lowest BCUT2D eigenvalue weighted by Crippen LogP contribution is -2.42. The van der Waals surface area contributed by atoms with E-state index in [1.165, 1.54) is 0 Å². The van der Waals surface area contributed by atoms with Gasteiger partial charge in [0.1, 0.15) is 0 Å². The molecule has 1 saturated heterocycles. The van der Waals surface area contributed by atoms with E-state index in [0.29, 0.717) is 12.5 Å². The summed E-state index contributed by atoms with van der Waals surface area (Å²) < 4.78 is 0. The van der Waals surface area contributed by atoms with Crippen molar-refractivity contribution in [3.8, 4) is 0 Å². The Bertz CT molecular complexity index is 223. The topological polar surface area (TPSA) is 58.4 Å². The van der Waals surface area contributed by atoms with E-state index in [2.05, 4.69) is 24.1 Å². The molecule has 1 aliphatic rings. The standard InChI is InChI=1S/C11H23N3O.ClH/c1-8(2)9(3)13-11(15)7-14-5-4-10(12)6-14;/h8-10H,4-7,12H2,1-3H3,(H,13,15);1H/t9?,10-;/m1./s1. The van der Waals surface area contributed by atoms with Crippen molar-refractivity contribution in [2.45, 2.75) is 39.3 Å². The van der Waals surface area contributed by atoms with Gasteiger partial charge in [-0.05, 0) is 19.3 Å². The minimum Gasteiger partial charge on any atom is -0.352 e. The quantitative estimate of drug-likeness (QED) is 0.767. The van der Waals surface area contributed by atoms with Crippen molar-refractivity contribution >= 4 is 18.3 Å². The van der Waals surface area contributed by atoms with Gasteiger partial charge in [-0.2, -0.15) is 0 Å². The molecule has 96 valence electrons. The minimum atomic E-state index is 0. The van der Waals surface area contributed by atoms with E-state index in [-0.39, 0.29) is 30.4 Å². The van der Waals surface area contributed by atoms with E-state index in [1.54, 1.807) is 0 Å². The fourth-order valence-electron chi connectivity index (χ4n) is 1.68. The van der Waals surface area contributed by atoms with Gasteiger partial charge < -0.3 is 11.1 Å². The lowest BCUT2D eigenvalue weighted by atomic mass is 10.1. The average Bonchev–Trinajstić information content (AvgIpc) is 2.50. The van der Waals surface area contributed by atoms with E-state index in [1.807, 2.05) is 6.92 Å². The van der Waals surface area contributed by atoms with Crippen LogP contribution in [-0.4, -0.2) is 42.5 Å². The first kappa shape index (κ1) is 15.7. The molecular formula is C11H24ClN3O. The summed E-state index contributed by atoms with van der Waals surface area (Å²) in [6, 6.07) is 0.495. The first-order valence-electron chi connectivity index (χ1n) is 5.76. The number of nitrogens with zero attached hydrogens (tertiary/aromatic N) is 1. The number of rotatable bonds is 4. The SMILES string of the molecule is CC(C)C(C)NC(=O)CN1CC[C@@H](N)C1.Cl. The Morgan fingerprint density at radius 2 is 2.12 bits per heavy atom. The molecule has 0 aromatic heterocycles. The number of likely N-dealkylation sites (tertiary alicyclic amines) is 1. The maximum atomic E-state index is 11.6. The van der Waals surface area contributed by atoms with Gasteiger partial charge in [0, 0.05) is 25.2 Å². The zero-order valence-electron chi connectivity index (χ0n) is 10.4. The number of carbonyl (C=O) groups is 1. The van der Waals surface area contributed by atoms with Crippen molar-refractivity contribution in [1.82, 2.24) is 10.2 Å². The van der Waals surface area contributed by atoms with Gasteiger partial charge in [0.2, 0.25) is 5.91 Å². The summed E-state index contributed by atoms with van der Waals surface area (Å²) in [6.07, 6.45) is 1.01. The van der Waals surface area contributed by atoms with Gasteiger partial charge in [0.15, 0.2) is 0 Å². The van der Waals surface area contributed by atoms with Crippen LogP contribution in [0.4, 0.5) is 0 Å². The van der Waals surface area contributed by atoms with Crippen molar-refractivity contribution in [3.63, 3.8) is 0 Å². The van der Waals surface area contributed by atoms with E-state index < -0.39 is 0 Å². The summed E-state index contributed by atoms with van der Waals surface area (Å²) in [5.74, 6) is 0.597. The molecule has 0 spiro atoms. The van der Waals surface area contributed by atoms with Gasteiger partial charge in [0.25, 0.3) is 0 Å². The Kier molecular flexibility index (Phi) is 6.95. The van der Waals surface area contributed by atoms with Crippen LogP contribution in [-0.2, 0) is 4.79 Å². The normalized spacial score (nSPS) is 22.9. The summed E-state index contributed by atoms with van der Waals surface area (Å²) in [7, 11) is 0. The highest BCUT2D eigenvalue weighted by molar-refractivity contribution is 5.85. The fourth-order valence-corrected chi connectivity index (χ4v) is 1.68. The molecule has 16 heavy (non-hydrogen) atoms. The highest BCUT2D eigenvalue weighted by Gasteiger charge is 2.21. The first-order valence-corrected chi connectivity index (χ1v) is 5.76. The zero-order valence-corrected chi connectivity index (χ0v) is 11.2. The Balaban J connectivity index is 0.00000225. The van der Waals surface area contributed by atoms with Crippen LogP contribution in [0.5, 0.6) is 0 Å². The van der Waals surface area contributed by atoms with Crippen LogP contribution < -0.4 is 11.1 Å². The highest BCUT2D eigenvalue weighted by Crippen LogP contribution is 2.06. The van der Waals surface area contributed by atoms with Gasteiger partial charge in [-0.15, -0.1) is 12.4 Å². The third kappa shape index (κ3) is 5.14. The Labute approximate surface area is 104 Å². The molecule has 1 rings (SSSR count). The number of hydrogen-bond donors (Lipinski definition) is 2. The Hall–Kier alpha value is -0.320. The molecule has 4 nitrogen and oxygen atoms in total. The summed E-state index contributed by atoms with van der Waals surface area (Å²) in [5.41, 5.74) is 5.78. The summed E-state index contributed by atoms with van der Waals surface area (Å²) in [6.45, 7) is 8.55. The number of carbonyl (C=O) groups excluding carboxylic acids is 1. The number of nitrogens with two attached hydrogens (primary N) is 1. The van der Waals surface area contributed by atoms with Crippen molar-refractivity contribution < 1.29 is 4.79 Å². The van der Waals surface area contributed by atoms with Gasteiger partial charge in [-0.1, -0.05) is 13.8 Å². The van der Waals surface area contributed by atoms with Crippen LogP contribution in [0.3, 0.4) is 0 Å². The van der Waals surface area contributed by atoms with Crippen LogP contribution in [0.2, 0.25) is 0 Å². The molecule has 0 radical (unpaired) electrons. The van der Waals surface area contributed by atoms with Crippen LogP contribution in [0, 0.1) is 5.92 Å². The zero-order chi connectivity index (χ0) is 11.4. The van der Waals surface area contributed by atoms with E-state index >= 15 is 0 Å². The second-order valence-corrected chi connectivity index (χ2v) is 4.88. The molecular weight excluding hydrogens is 226 g/mol. The lowest BCUT2D eigenvalue weighted by molar-refractivity contribution is -0.122. The van der Waals surface area contributed by atoms with Crippen molar-refractivity contribution in [2.75, 3.05) is 19.6 Å². The Morgan fingerprint density at radius 1 is 1.50 bits per heavy atom. The number of amides is 1. The smallest absolute Gasteiger partial charge is 0.234 e. The monoisotopic (exact) mass is 249 g/mol. The fraction of sp³-hybridized carbons (Fsp3) is 0.909. The minimum absolute atomic E-state index is 0. The highest BCUT2D eigenvalue weighted by atomic mass is 35.5. The van der Waals surface area contributed by atoms with Gasteiger partial charge in [-0.3, -0.25) is 9.69 Å². The van der Waals surface area contributed by atoms with E-state index in [4.69, 9.17) is 5.73 Å². The van der Waals surface area contributed by atoms with Crippen molar-refractivity contribution in [3.05, 3.63) is 0 Å². The van der Waals surface area contributed by atoms with Crippen LogP contribution >= 0.6 is 12.4 Å². The molecule has 0 aromatic rings. The number of halogens is 1. The van der Waals surface area contributed by atoms with E-state index in [9.17, 15) is 4.79 Å². The maximum absolute atomic E-state index is 11.6. The molecule has 1 fully saturated rings. The molecule has 2 atom stereocenters. The molecule has 3 N–H and O–H groups in total. The molecule has 0 bridgehead atoms. The summed E-state index contributed by atoms with van der Waals surface area (Å²) in [5, 5.41) is 3.00. The predicted molar refractivity (Wildman–Crippen MR) is 68.7 cm³/mol. The van der Waals surface area contributed by atoms with Crippen molar-refractivity contribution in [1.29, 1.82) is 0 Å². The number of nitrogens with one attached hydrogen (secondary N) is 1. The van der Waals surface area contributed by atoms with Crippen molar-refractivity contribution in [2.24, 2.45) is 11.7 Å². The van der Waals surface area contributed by atoms with Gasteiger partial charge in [-0.25, -0.2) is 0 Å². The Morgan fingerprint density at radius 3 is 2.56 bits per heavy atom. The second kappa shape index (κ2) is 7.09. The maximum Gasteiger partial charge on any atom is 0.234 e. The number of hydrogen-bond acceptors (Lipinski definition) is 3. The second-order valence-electron chi connectivity index (χ2n) is 4.88. The third-order valence-corrected chi connectivity index (χ3v) is 3.06. The van der Waals surface area contributed by atoms with Gasteiger partial charge in [0.05, 0.1) is 6.54 Å². The van der Waals surface area contributed by atoms with Crippen LogP contribution in [0.15, 0.2) is 0 Å². The van der Waals surface area contributed by atoms with Crippen LogP contribution in [0.1, 0.15) is 27.2 Å². The molecule has 0 aromatic carbocycles. The first-order chi connectivity index (χ1) is 6.99. The molecule has 1 heterocycles. The summed E-state index contributed by atoms with van der Waals surface area (Å²) >= 11 is 0. The lowest BCUT2D eigenvalue weighted by Gasteiger charge is -2.20. The molecule has 0 saturated carbocycles. The summed E-state index contributed by atoms with van der Waals surface area (Å²) in [4.78, 5) is 13.7. The van der Waals surface area contributed by atoms with Crippen LogP contribution in [0.25, 0.3) is 0 Å². The molecule has 1 amide bonds. The average molecular weight is 250 g/mol. The molecule has 0 aliphatic carbocycles. The molecule has 5 heteroatoms. The predicted octanol–water partition coefficient (Wildman–Crippen LogP) is 0.602. The largest absolute Gasteiger partial charge is 0.352 e. The van der Waals surface area contributed by atoms with E-state index in [0.717, 1.165) is 19.5 Å². The van der Waals surface area contributed by atoms with Gasteiger partial charge >= 0.3 is 0 Å². The molecule has 1 aliphatic heterocycles.